The van der Waals surface area contributed by atoms with Crippen molar-refractivity contribution in [1.29, 1.82) is 5.26 Å². The van der Waals surface area contributed by atoms with Crippen molar-refractivity contribution in [1.82, 2.24) is 29.5 Å². The minimum Gasteiger partial charge on any atom is -0.480 e. The van der Waals surface area contributed by atoms with Crippen LogP contribution in [0.5, 0.6) is 11.9 Å². The molecule has 148 valence electrons. The van der Waals surface area contributed by atoms with Crippen molar-refractivity contribution in [2.45, 2.75) is 18.3 Å². The molecular formula is C21H17N7O2. The van der Waals surface area contributed by atoms with E-state index in [1.54, 1.807) is 36.3 Å². The van der Waals surface area contributed by atoms with Gasteiger partial charge in [0.05, 0.1) is 31.0 Å². The van der Waals surface area contributed by atoms with Crippen LogP contribution in [0.4, 0.5) is 0 Å². The number of pyridine rings is 1. The van der Waals surface area contributed by atoms with E-state index >= 15 is 0 Å². The molecule has 1 aliphatic carbocycles. The van der Waals surface area contributed by atoms with Gasteiger partial charge in [-0.3, -0.25) is 4.98 Å². The van der Waals surface area contributed by atoms with Gasteiger partial charge in [-0.05, 0) is 30.5 Å². The summed E-state index contributed by atoms with van der Waals surface area (Å²) < 4.78 is 12.3. The molecule has 4 aromatic heterocycles. The van der Waals surface area contributed by atoms with Crippen LogP contribution in [0.3, 0.4) is 0 Å². The van der Waals surface area contributed by atoms with Gasteiger partial charge in [0.2, 0.25) is 5.88 Å². The first-order chi connectivity index (χ1) is 14.7. The van der Waals surface area contributed by atoms with E-state index in [4.69, 9.17) is 14.7 Å². The third-order valence-corrected chi connectivity index (χ3v) is 5.26. The zero-order valence-corrected chi connectivity index (χ0v) is 16.4. The first kappa shape index (κ1) is 18.0. The molecule has 5 rings (SSSR count). The molecule has 0 amide bonds. The molecule has 4 heterocycles. The number of aromatic nitrogens is 6. The maximum Gasteiger partial charge on any atom is 0.319 e. The largest absolute Gasteiger partial charge is 0.480 e. The fourth-order valence-electron chi connectivity index (χ4n) is 3.68. The van der Waals surface area contributed by atoms with E-state index in [9.17, 15) is 0 Å². The van der Waals surface area contributed by atoms with E-state index in [-0.39, 0.29) is 17.8 Å². The lowest BCUT2D eigenvalue weighted by Crippen LogP contribution is -2.02. The molecule has 0 unspecified atom stereocenters. The number of hydrogen-bond donors (Lipinski definition) is 0. The van der Waals surface area contributed by atoms with Crippen molar-refractivity contribution in [3.05, 3.63) is 59.8 Å². The van der Waals surface area contributed by atoms with Gasteiger partial charge in [0.25, 0.3) is 0 Å². The molecule has 1 aliphatic rings. The van der Waals surface area contributed by atoms with Crippen LogP contribution in [-0.2, 0) is 0 Å². The summed E-state index contributed by atoms with van der Waals surface area (Å²) in [7, 11) is 3.06. The molecule has 1 fully saturated rings. The van der Waals surface area contributed by atoms with Gasteiger partial charge in [-0.2, -0.15) is 15.3 Å². The number of methoxy groups -OCH3 is 2. The van der Waals surface area contributed by atoms with Crippen LogP contribution < -0.4 is 9.47 Å². The van der Waals surface area contributed by atoms with Crippen LogP contribution in [0.1, 0.15) is 35.1 Å². The summed E-state index contributed by atoms with van der Waals surface area (Å²) in [6.07, 6.45) is 7.77. The van der Waals surface area contributed by atoms with Gasteiger partial charge < -0.3 is 9.47 Å². The quantitative estimate of drug-likeness (QED) is 0.504. The molecule has 9 heteroatoms. The van der Waals surface area contributed by atoms with Crippen molar-refractivity contribution >= 4 is 5.65 Å². The van der Waals surface area contributed by atoms with Gasteiger partial charge >= 0.3 is 6.01 Å². The van der Waals surface area contributed by atoms with Gasteiger partial charge in [-0.15, -0.1) is 0 Å². The summed E-state index contributed by atoms with van der Waals surface area (Å²) in [5.41, 5.74) is 4.79. The minimum atomic E-state index is 0.230. The van der Waals surface area contributed by atoms with Crippen molar-refractivity contribution in [2.75, 3.05) is 14.2 Å². The lowest BCUT2D eigenvalue weighted by atomic mass is 10.1. The monoisotopic (exact) mass is 399 g/mol. The van der Waals surface area contributed by atoms with Gasteiger partial charge in [0.15, 0.2) is 5.65 Å². The molecule has 2 atom stereocenters. The first-order valence-electron chi connectivity index (χ1n) is 9.37. The zero-order chi connectivity index (χ0) is 20.7. The molecule has 0 spiro atoms. The molecule has 0 aliphatic heterocycles. The molecule has 0 bridgehead atoms. The Balaban J connectivity index is 1.56. The Morgan fingerprint density at radius 1 is 1.10 bits per heavy atom. The summed E-state index contributed by atoms with van der Waals surface area (Å²) in [5, 5.41) is 13.6. The maximum absolute atomic E-state index is 8.99. The van der Waals surface area contributed by atoms with Crippen LogP contribution in [0, 0.1) is 11.3 Å². The van der Waals surface area contributed by atoms with Crippen LogP contribution in [0.25, 0.3) is 16.9 Å². The second-order valence-corrected chi connectivity index (χ2v) is 6.99. The molecule has 0 aromatic carbocycles. The first-order valence-corrected chi connectivity index (χ1v) is 9.37. The predicted molar refractivity (Wildman–Crippen MR) is 106 cm³/mol. The highest BCUT2D eigenvalue weighted by Gasteiger charge is 2.42. The van der Waals surface area contributed by atoms with E-state index in [2.05, 4.69) is 31.1 Å². The molecule has 1 saturated carbocycles. The molecule has 0 N–H and O–H groups in total. The zero-order valence-electron chi connectivity index (χ0n) is 16.4. The van der Waals surface area contributed by atoms with E-state index in [1.165, 1.54) is 7.11 Å². The van der Waals surface area contributed by atoms with Crippen LogP contribution in [0.15, 0.2) is 43.0 Å². The van der Waals surface area contributed by atoms with Gasteiger partial charge in [-0.1, -0.05) is 0 Å². The lowest BCUT2D eigenvalue weighted by Gasteiger charge is -2.10. The van der Waals surface area contributed by atoms with Crippen molar-refractivity contribution in [3.8, 4) is 29.2 Å². The highest BCUT2D eigenvalue weighted by molar-refractivity contribution is 5.68. The Morgan fingerprint density at radius 3 is 2.73 bits per heavy atom. The Labute approximate surface area is 172 Å². The van der Waals surface area contributed by atoms with Crippen LogP contribution in [-0.4, -0.2) is 43.8 Å². The fraction of sp³-hybridized carbons (Fsp3) is 0.238. The second kappa shape index (κ2) is 7.08. The Bertz CT molecular complexity index is 1280. The summed E-state index contributed by atoms with van der Waals surface area (Å²) in [6.45, 7) is 0. The highest BCUT2D eigenvalue weighted by atomic mass is 16.5. The average Bonchev–Trinajstić information content (AvgIpc) is 3.46. The maximum atomic E-state index is 8.99. The summed E-state index contributed by atoms with van der Waals surface area (Å²) in [5.74, 6) is 0.936. The van der Waals surface area contributed by atoms with Crippen molar-refractivity contribution in [3.63, 3.8) is 0 Å². The predicted octanol–water partition coefficient (Wildman–Crippen LogP) is 2.74. The van der Waals surface area contributed by atoms with Crippen molar-refractivity contribution < 1.29 is 9.47 Å². The smallest absolute Gasteiger partial charge is 0.319 e. The van der Waals surface area contributed by atoms with E-state index < -0.39 is 0 Å². The number of fused-ring (bicyclic) bond motifs is 1. The lowest BCUT2D eigenvalue weighted by molar-refractivity contribution is 0.353. The average molecular weight is 399 g/mol. The third-order valence-electron chi connectivity index (χ3n) is 5.26. The van der Waals surface area contributed by atoms with E-state index in [0.717, 1.165) is 23.3 Å². The summed E-state index contributed by atoms with van der Waals surface area (Å²) in [6, 6.07) is 8.08. The second-order valence-electron chi connectivity index (χ2n) is 6.99. The summed E-state index contributed by atoms with van der Waals surface area (Å²) in [4.78, 5) is 17.4. The molecule has 9 nitrogen and oxygen atoms in total. The fourth-order valence-corrected chi connectivity index (χ4v) is 3.68. The van der Waals surface area contributed by atoms with E-state index in [0.29, 0.717) is 22.7 Å². The minimum absolute atomic E-state index is 0.230. The van der Waals surface area contributed by atoms with E-state index in [1.807, 2.05) is 18.3 Å². The topological polar surface area (TPSA) is 111 Å². The highest BCUT2D eigenvalue weighted by Crippen LogP contribution is 2.55. The molecule has 0 saturated heterocycles. The van der Waals surface area contributed by atoms with Crippen molar-refractivity contribution in [2.24, 2.45) is 0 Å². The SMILES string of the molecule is COc1ncc(-c2cc([C@H]3C[C@@H]3c3ccc(C#N)cn3)c3nccn3n2)c(OC)n1. The number of nitrogens with zero attached hydrogens (tertiary/aromatic N) is 7. The molecule has 30 heavy (non-hydrogen) atoms. The Hall–Kier alpha value is -4.06. The number of hydrogen-bond acceptors (Lipinski definition) is 8. The number of nitriles is 1. The third kappa shape index (κ3) is 2.99. The molecule has 0 radical (unpaired) electrons. The number of ether oxygens (including phenoxy) is 2. The molecular weight excluding hydrogens is 382 g/mol. The standard InChI is InChI=1S/C21H17N7O2/c1-29-20-16(11-25-21(26-20)30-2)18-8-15(19-23-5-6-28(19)27-18)13-7-14(13)17-4-3-12(9-22)10-24-17/h3-6,8,10-11,13-14H,7H2,1-2H3/t13-,14-/m0/s1. The van der Waals surface area contributed by atoms with Crippen LogP contribution >= 0.6 is 0 Å². The Morgan fingerprint density at radius 2 is 2.00 bits per heavy atom. The van der Waals surface area contributed by atoms with Gasteiger partial charge in [-0.25, -0.2) is 14.5 Å². The molecule has 4 aromatic rings. The van der Waals surface area contributed by atoms with Gasteiger partial charge in [0.1, 0.15) is 6.07 Å². The van der Waals surface area contributed by atoms with Crippen LogP contribution in [0.2, 0.25) is 0 Å². The Kier molecular flexibility index (Phi) is 4.25. The van der Waals surface area contributed by atoms with Gasteiger partial charge in [0, 0.05) is 42.0 Å². The number of imidazole rings is 1. The summed E-state index contributed by atoms with van der Waals surface area (Å²) >= 11 is 0. The normalized spacial score (nSPS) is 17.5. The number of rotatable bonds is 5.